The van der Waals surface area contributed by atoms with E-state index in [4.69, 9.17) is 4.74 Å². The molecule has 1 aliphatic heterocycles. The minimum Gasteiger partial charge on any atom is -0.488 e. The average Bonchev–Trinajstić information content (AvgIpc) is 3.17. The molecule has 2 heterocycles. The van der Waals surface area contributed by atoms with Crippen molar-refractivity contribution >= 4 is 20.9 Å². The Labute approximate surface area is 137 Å². The van der Waals surface area contributed by atoms with Crippen LogP contribution in [0.15, 0.2) is 30.5 Å². The molecule has 126 valence electrons. The number of nitrogens with zero attached hydrogens (tertiary/aromatic N) is 1. The number of benzene rings is 1. The Balaban J connectivity index is 1.88. The largest absolute Gasteiger partial charge is 0.488 e. The minimum absolute atomic E-state index is 0.158. The summed E-state index contributed by atoms with van der Waals surface area (Å²) in [5.41, 5.74) is 0.699. The summed E-state index contributed by atoms with van der Waals surface area (Å²) in [6.45, 7) is 3.87. The van der Waals surface area contributed by atoms with E-state index in [0.29, 0.717) is 11.9 Å². The molecule has 23 heavy (non-hydrogen) atoms. The SMILES string of the molecule is CCCCCS(=O)(=O)n1ccc2c(OC3CCNC3)cccc21. The molecule has 1 N–H and O–H groups in total. The van der Waals surface area contributed by atoms with Crippen molar-refractivity contribution in [1.82, 2.24) is 9.29 Å². The zero-order valence-corrected chi connectivity index (χ0v) is 14.3. The van der Waals surface area contributed by atoms with E-state index >= 15 is 0 Å². The standard InChI is InChI=1S/C17H24N2O3S/c1-2-3-4-12-23(20,21)19-11-9-15-16(19)6-5-7-17(15)22-14-8-10-18-13-14/h5-7,9,11,14,18H,2-4,8,10,12-13H2,1H3. The van der Waals surface area contributed by atoms with Crippen molar-refractivity contribution in [1.29, 1.82) is 0 Å². The predicted molar refractivity (Wildman–Crippen MR) is 92.6 cm³/mol. The van der Waals surface area contributed by atoms with Crippen LogP contribution in [-0.2, 0) is 10.0 Å². The van der Waals surface area contributed by atoms with Crippen molar-refractivity contribution in [2.24, 2.45) is 0 Å². The summed E-state index contributed by atoms with van der Waals surface area (Å²) < 4.78 is 32.5. The summed E-state index contributed by atoms with van der Waals surface area (Å²) in [5, 5.41) is 4.13. The lowest BCUT2D eigenvalue weighted by atomic mass is 10.2. The molecule has 1 unspecified atom stereocenters. The first-order valence-corrected chi connectivity index (χ1v) is 9.93. The molecule has 1 aromatic heterocycles. The average molecular weight is 336 g/mol. The van der Waals surface area contributed by atoms with E-state index in [1.165, 1.54) is 3.97 Å². The van der Waals surface area contributed by atoms with Crippen molar-refractivity contribution in [3.8, 4) is 5.75 Å². The lowest BCUT2D eigenvalue weighted by molar-refractivity contribution is 0.226. The summed E-state index contributed by atoms with van der Waals surface area (Å²) in [7, 11) is -3.31. The third-order valence-electron chi connectivity index (χ3n) is 4.27. The van der Waals surface area contributed by atoms with E-state index in [0.717, 1.165) is 43.5 Å². The highest BCUT2D eigenvalue weighted by atomic mass is 32.2. The molecule has 0 amide bonds. The van der Waals surface area contributed by atoms with Gasteiger partial charge in [0.2, 0.25) is 10.0 Å². The topological polar surface area (TPSA) is 60.3 Å². The number of rotatable bonds is 7. The van der Waals surface area contributed by atoms with Gasteiger partial charge in [0, 0.05) is 18.1 Å². The molecule has 5 nitrogen and oxygen atoms in total. The van der Waals surface area contributed by atoms with Gasteiger partial charge in [-0.25, -0.2) is 12.4 Å². The zero-order valence-electron chi connectivity index (χ0n) is 13.5. The van der Waals surface area contributed by atoms with E-state index in [-0.39, 0.29) is 11.9 Å². The van der Waals surface area contributed by atoms with Crippen LogP contribution in [0.3, 0.4) is 0 Å². The van der Waals surface area contributed by atoms with Crippen LogP contribution in [0.2, 0.25) is 0 Å². The van der Waals surface area contributed by atoms with Gasteiger partial charge >= 0.3 is 0 Å². The Hall–Kier alpha value is -1.53. The lowest BCUT2D eigenvalue weighted by Gasteiger charge is -2.14. The summed E-state index contributed by atoms with van der Waals surface area (Å²) in [6.07, 6.45) is 5.42. The molecule has 0 aliphatic carbocycles. The van der Waals surface area contributed by atoms with E-state index in [1.54, 1.807) is 6.20 Å². The molecule has 0 radical (unpaired) electrons. The second-order valence-electron chi connectivity index (χ2n) is 6.06. The van der Waals surface area contributed by atoms with Gasteiger partial charge < -0.3 is 10.1 Å². The Kier molecular flexibility index (Phi) is 4.92. The molecule has 0 bridgehead atoms. The predicted octanol–water partition coefficient (Wildman–Crippen LogP) is 2.75. The van der Waals surface area contributed by atoms with Gasteiger partial charge in [0.05, 0.1) is 11.3 Å². The van der Waals surface area contributed by atoms with Gasteiger partial charge in [0.15, 0.2) is 0 Å². The van der Waals surface area contributed by atoms with Gasteiger partial charge in [0.1, 0.15) is 11.9 Å². The first-order chi connectivity index (χ1) is 11.1. The van der Waals surface area contributed by atoms with Crippen LogP contribution in [0, 0.1) is 0 Å². The number of hydrogen-bond acceptors (Lipinski definition) is 4. The van der Waals surface area contributed by atoms with Crippen LogP contribution in [0.5, 0.6) is 5.75 Å². The lowest BCUT2D eigenvalue weighted by Crippen LogP contribution is -2.19. The molecule has 1 saturated heterocycles. The number of ether oxygens (including phenoxy) is 1. The van der Waals surface area contributed by atoms with Crippen molar-refractivity contribution in [3.63, 3.8) is 0 Å². The molecule has 1 aliphatic rings. The van der Waals surface area contributed by atoms with E-state index in [9.17, 15) is 8.42 Å². The fourth-order valence-electron chi connectivity index (χ4n) is 3.00. The maximum absolute atomic E-state index is 12.6. The molecular weight excluding hydrogens is 312 g/mol. The second kappa shape index (κ2) is 6.93. The molecule has 1 fully saturated rings. The molecule has 1 atom stereocenters. The molecule has 2 aromatic rings. The van der Waals surface area contributed by atoms with Crippen molar-refractivity contribution in [3.05, 3.63) is 30.5 Å². The van der Waals surface area contributed by atoms with Crippen LogP contribution in [-0.4, -0.2) is 37.3 Å². The molecular formula is C17H24N2O3S. The highest BCUT2D eigenvalue weighted by molar-refractivity contribution is 7.90. The van der Waals surface area contributed by atoms with Crippen LogP contribution >= 0.6 is 0 Å². The van der Waals surface area contributed by atoms with E-state index in [1.807, 2.05) is 24.3 Å². The van der Waals surface area contributed by atoms with Gasteiger partial charge in [-0.15, -0.1) is 0 Å². The quantitative estimate of drug-likeness (QED) is 0.790. The summed E-state index contributed by atoms with van der Waals surface area (Å²) in [4.78, 5) is 0. The van der Waals surface area contributed by atoms with Crippen LogP contribution in [0.4, 0.5) is 0 Å². The number of fused-ring (bicyclic) bond motifs is 1. The minimum atomic E-state index is -3.31. The molecule has 1 aromatic carbocycles. The monoisotopic (exact) mass is 336 g/mol. The van der Waals surface area contributed by atoms with Crippen molar-refractivity contribution in [2.75, 3.05) is 18.8 Å². The third kappa shape index (κ3) is 3.53. The van der Waals surface area contributed by atoms with Gasteiger partial charge in [-0.2, -0.15) is 0 Å². The summed E-state index contributed by atoms with van der Waals surface area (Å²) in [5.74, 6) is 0.945. The highest BCUT2D eigenvalue weighted by Crippen LogP contribution is 2.29. The first-order valence-electron chi connectivity index (χ1n) is 8.32. The van der Waals surface area contributed by atoms with Crippen LogP contribution in [0.25, 0.3) is 10.9 Å². The second-order valence-corrected chi connectivity index (χ2v) is 8.02. The van der Waals surface area contributed by atoms with Crippen molar-refractivity contribution in [2.45, 2.75) is 38.7 Å². The molecule has 3 rings (SSSR count). The Morgan fingerprint density at radius 1 is 1.30 bits per heavy atom. The van der Waals surface area contributed by atoms with E-state index in [2.05, 4.69) is 12.2 Å². The van der Waals surface area contributed by atoms with E-state index < -0.39 is 10.0 Å². The van der Waals surface area contributed by atoms with Gasteiger partial charge in [0.25, 0.3) is 0 Å². The van der Waals surface area contributed by atoms with Crippen LogP contribution in [0.1, 0.15) is 32.6 Å². The van der Waals surface area contributed by atoms with Crippen molar-refractivity contribution < 1.29 is 13.2 Å². The number of aromatic nitrogens is 1. The summed E-state index contributed by atoms with van der Waals surface area (Å²) >= 11 is 0. The molecule has 0 spiro atoms. The molecule has 0 saturated carbocycles. The van der Waals surface area contributed by atoms with Crippen LogP contribution < -0.4 is 10.1 Å². The smallest absolute Gasteiger partial charge is 0.238 e. The first kappa shape index (κ1) is 16.3. The van der Waals surface area contributed by atoms with Gasteiger partial charge in [-0.3, -0.25) is 0 Å². The zero-order chi connectivity index (χ0) is 16.3. The number of unbranched alkanes of at least 4 members (excludes halogenated alkanes) is 2. The number of nitrogens with one attached hydrogen (secondary N) is 1. The molecule has 6 heteroatoms. The Morgan fingerprint density at radius 2 is 2.17 bits per heavy atom. The third-order valence-corrected chi connectivity index (χ3v) is 5.99. The Morgan fingerprint density at radius 3 is 2.91 bits per heavy atom. The van der Waals surface area contributed by atoms with Gasteiger partial charge in [-0.05, 0) is 37.6 Å². The highest BCUT2D eigenvalue weighted by Gasteiger charge is 2.20. The maximum Gasteiger partial charge on any atom is 0.238 e. The maximum atomic E-state index is 12.6. The van der Waals surface area contributed by atoms with Gasteiger partial charge in [-0.1, -0.05) is 25.8 Å². The fourth-order valence-corrected chi connectivity index (χ4v) is 4.47. The fraction of sp³-hybridized carbons (Fsp3) is 0.529. The Bertz CT molecular complexity index is 761. The number of hydrogen-bond donors (Lipinski definition) is 1. The normalized spacial score (nSPS) is 18.6. The summed E-state index contributed by atoms with van der Waals surface area (Å²) in [6, 6.07) is 7.45.